The summed E-state index contributed by atoms with van der Waals surface area (Å²) < 4.78 is 13.2. The minimum Gasteiger partial charge on any atom is -0.400 e. The van der Waals surface area contributed by atoms with Crippen molar-refractivity contribution in [3.63, 3.8) is 0 Å². The van der Waals surface area contributed by atoms with Crippen LogP contribution in [0.15, 0.2) is 28.1 Å². The van der Waals surface area contributed by atoms with Gasteiger partial charge in [0.2, 0.25) is 0 Å². The van der Waals surface area contributed by atoms with Crippen molar-refractivity contribution in [3.8, 4) is 0 Å². The van der Waals surface area contributed by atoms with Gasteiger partial charge in [-0.15, -0.1) is 0 Å². The van der Waals surface area contributed by atoms with Crippen LogP contribution in [0, 0.1) is 0 Å². The molecule has 1 fully saturated rings. The molecule has 126 valence electrons. The summed E-state index contributed by atoms with van der Waals surface area (Å²) in [6, 6.07) is 5.91. The normalized spacial score (nSPS) is 20.1. The first-order valence-electron chi connectivity index (χ1n) is 7.80. The zero-order chi connectivity index (χ0) is 17.3. The van der Waals surface area contributed by atoms with E-state index >= 15 is 0 Å². The number of halogens is 1. The zero-order valence-corrected chi connectivity index (χ0v) is 16.0. The van der Waals surface area contributed by atoms with Gasteiger partial charge in [0.25, 0.3) is 0 Å². The van der Waals surface area contributed by atoms with E-state index in [1.807, 2.05) is 52.9 Å². The van der Waals surface area contributed by atoms with Gasteiger partial charge in [0, 0.05) is 11.0 Å². The molecule has 1 aliphatic rings. The Labute approximate surface area is 147 Å². The summed E-state index contributed by atoms with van der Waals surface area (Å²) in [5.41, 5.74) is 2.17. The Morgan fingerprint density at radius 3 is 2.39 bits per heavy atom. The number of nitrogens with one attached hydrogen (secondary N) is 1. The molecule has 1 aliphatic heterocycles. The van der Waals surface area contributed by atoms with Gasteiger partial charge in [-0.1, -0.05) is 28.1 Å². The van der Waals surface area contributed by atoms with Crippen molar-refractivity contribution in [1.82, 2.24) is 5.32 Å². The number of rotatable bonds is 5. The van der Waals surface area contributed by atoms with Crippen LogP contribution in [0.4, 0.5) is 0 Å². The Balaban J connectivity index is 2.32. The van der Waals surface area contributed by atoms with Crippen molar-refractivity contribution >= 4 is 29.1 Å². The highest BCUT2D eigenvalue weighted by Gasteiger charge is 2.52. The number of hydrogen-bond donors (Lipinski definition) is 2. The van der Waals surface area contributed by atoms with E-state index in [0.717, 1.165) is 21.1 Å². The van der Waals surface area contributed by atoms with E-state index in [1.54, 1.807) is 0 Å². The lowest BCUT2D eigenvalue weighted by atomic mass is 9.77. The Kier molecular flexibility index (Phi) is 5.74. The molecule has 2 rings (SSSR count). The summed E-state index contributed by atoms with van der Waals surface area (Å²) in [5, 5.41) is 12.6. The topological polar surface area (TPSA) is 50.7 Å². The van der Waals surface area contributed by atoms with Crippen LogP contribution < -0.4 is 5.32 Å². The van der Waals surface area contributed by atoms with E-state index in [1.165, 1.54) is 0 Å². The van der Waals surface area contributed by atoms with Crippen LogP contribution >= 0.6 is 15.9 Å². The molecule has 2 N–H and O–H groups in total. The zero-order valence-electron chi connectivity index (χ0n) is 14.4. The lowest BCUT2D eigenvalue weighted by molar-refractivity contribution is 0.00578. The van der Waals surface area contributed by atoms with Crippen LogP contribution in [0.3, 0.4) is 0 Å². The Bertz CT molecular complexity index is 586. The van der Waals surface area contributed by atoms with Crippen molar-refractivity contribution in [2.75, 3.05) is 13.6 Å². The van der Waals surface area contributed by atoms with E-state index in [2.05, 4.69) is 27.3 Å². The standard InChI is InChI=1S/C17H25BBrNO3/c1-16(2)17(3,4)23-18(22-16)14(10-20-5)9-12-6-7-15(19)13(8-12)11-21/h6-9,20-21H,10-11H2,1-5H3. The molecule has 4 nitrogen and oxygen atoms in total. The van der Waals surface area contributed by atoms with Gasteiger partial charge in [-0.25, -0.2) is 0 Å². The number of aliphatic hydroxyl groups is 1. The second-order valence-corrected chi connectivity index (χ2v) is 7.70. The van der Waals surface area contributed by atoms with E-state index < -0.39 is 0 Å². The molecular weight excluding hydrogens is 357 g/mol. The summed E-state index contributed by atoms with van der Waals surface area (Å²) in [7, 11) is 1.52. The van der Waals surface area contributed by atoms with Crippen molar-refractivity contribution in [2.24, 2.45) is 0 Å². The molecule has 0 aromatic heterocycles. The summed E-state index contributed by atoms with van der Waals surface area (Å²) in [5.74, 6) is 0. The average molecular weight is 382 g/mol. The summed E-state index contributed by atoms with van der Waals surface area (Å²) in [6.07, 6.45) is 2.06. The smallest absolute Gasteiger partial charge is 0.400 e. The Morgan fingerprint density at radius 2 is 1.87 bits per heavy atom. The molecule has 0 saturated carbocycles. The van der Waals surface area contributed by atoms with E-state index in [4.69, 9.17) is 9.31 Å². The van der Waals surface area contributed by atoms with Crippen LogP contribution in [-0.2, 0) is 15.9 Å². The van der Waals surface area contributed by atoms with Gasteiger partial charge in [0.15, 0.2) is 0 Å². The molecule has 1 heterocycles. The van der Waals surface area contributed by atoms with Gasteiger partial charge in [-0.05, 0) is 63.5 Å². The second-order valence-electron chi connectivity index (χ2n) is 6.85. The highest BCUT2D eigenvalue weighted by molar-refractivity contribution is 9.10. The van der Waals surface area contributed by atoms with Gasteiger partial charge in [0.05, 0.1) is 17.8 Å². The molecule has 0 bridgehead atoms. The third kappa shape index (κ3) is 4.06. The fourth-order valence-electron chi connectivity index (χ4n) is 2.42. The second kappa shape index (κ2) is 7.07. The summed E-state index contributed by atoms with van der Waals surface area (Å²) in [6.45, 7) is 8.86. The minimum absolute atomic E-state index is 0.000114. The Morgan fingerprint density at radius 1 is 1.26 bits per heavy atom. The molecule has 0 atom stereocenters. The first-order valence-corrected chi connectivity index (χ1v) is 8.59. The number of aliphatic hydroxyl groups excluding tert-OH is 1. The Hall–Kier alpha value is -0.655. The molecule has 0 amide bonds. The van der Waals surface area contributed by atoms with E-state index in [9.17, 15) is 5.11 Å². The number of hydrogen-bond acceptors (Lipinski definition) is 4. The molecule has 0 spiro atoms. The van der Waals surface area contributed by atoms with Gasteiger partial charge in [-0.2, -0.15) is 0 Å². The van der Waals surface area contributed by atoms with Gasteiger partial charge in [-0.3, -0.25) is 0 Å². The molecule has 1 aromatic carbocycles. The van der Waals surface area contributed by atoms with Crippen LogP contribution in [0.5, 0.6) is 0 Å². The molecule has 0 radical (unpaired) electrons. The highest BCUT2D eigenvalue weighted by Crippen LogP contribution is 2.38. The fraction of sp³-hybridized carbons (Fsp3) is 0.529. The van der Waals surface area contributed by atoms with Crippen LogP contribution in [0.1, 0.15) is 38.8 Å². The average Bonchev–Trinajstić information content (AvgIpc) is 2.69. The maximum Gasteiger partial charge on any atom is 0.491 e. The SMILES string of the molecule is CNCC(=Cc1ccc(Br)c(CO)c1)B1OC(C)(C)C(C)(C)O1. The molecule has 1 aromatic rings. The number of likely N-dealkylation sites (N-methyl/N-ethyl adjacent to an activating group) is 1. The molecule has 1 saturated heterocycles. The monoisotopic (exact) mass is 381 g/mol. The predicted octanol–water partition coefficient (Wildman–Crippen LogP) is 3.18. The molecule has 0 unspecified atom stereocenters. The maximum atomic E-state index is 9.42. The van der Waals surface area contributed by atoms with Crippen LogP contribution in [-0.4, -0.2) is 37.0 Å². The van der Waals surface area contributed by atoms with Crippen molar-refractivity contribution < 1.29 is 14.4 Å². The predicted molar refractivity (Wildman–Crippen MR) is 98.1 cm³/mol. The van der Waals surface area contributed by atoms with Crippen LogP contribution in [0.25, 0.3) is 6.08 Å². The fourth-order valence-corrected chi connectivity index (χ4v) is 2.79. The van der Waals surface area contributed by atoms with Gasteiger partial charge < -0.3 is 19.7 Å². The van der Waals surface area contributed by atoms with Crippen molar-refractivity contribution in [1.29, 1.82) is 0 Å². The van der Waals surface area contributed by atoms with Crippen LogP contribution in [0.2, 0.25) is 0 Å². The first-order chi connectivity index (χ1) is 10.7. The van der Waals surface area contributed by atoms with Gasteiger partial charge in [0.1, 0.15) is 0 Å². The number of benzene rings is 1. The summed E-state index contributed by atoms with van der Waals surface area (Å²) >= 11 is 3.44. The van der Waals surface area contributed by atoms with Crippen molar-refractivity contribution in [3.05, 3.63) is 39.3 Å². The van der Waals surface area contributed by atoms with E-state index in [-0.39, 0.29) is 24.9 Å². The molecule has 0 aliphatic carbocycles. The minimum atomic E-state index is -0.381. The maximum absolute atomic E-state index is 9.42. The largest absolute Gasteiger partial charge is 0.491 e. The summed E-state index contributed by atoms with van der Waals surface area (Å²) in [4.78, 5) is 0. The highest BCUT2D eigenvalue weighted by atomic mass is 79.9. The third-order valence-corrected chi connectivity index (χ3v) is 5.30. The third-order valence-electron chi connectivity index (χ3n) is 4.53. The lowest BCUT2D eigenvalue weighted by Crippen LogP contribution is -2.41. The van der Waals surface area contributed by atoms with Gasteiger partial charge >= 0.3 is 7.12 Å². The molecule has 23 heavy (non-hydrogen) atoms. The molecular formula is C17H25BBrNO3. The quantitative estimate of drug-likeness (QED) is 0.769. The molecule has 6 heteroatoms. The first kappa shape index (κ1) is 18.7. The van der Waals surface area contributed by atoms with E-state index in [0.29, 0.717) is 6.54 Å². The van der Waals surface area contributed by atoms with Crippen molar-refractivity contribution in [2.45, 2.75) is 45.5 Å². The lowest BCUT2D eigenvalue weighted by Gasteiger charge is -2.32.